The number of nitrogens with one attached hydrogen (secondary N) is 1. The van der Waals surface area contributed by atoms with Gasteiger partial charge in [0.15, 0.2) is 6.29 Å². The number of esters is 1. The molecule has 0 radical (unpaired) electrons. The first-order chi connectivity index (χ1) is 35.7. The molecule has 432 valence electrons. The lowest BCUT2D eigenvalue weighted by atomic mass is 9.99. The van der Waals surface area contributed by atoms with Crippen molar-refractivity contribution in [1.82, 2.24) is 5.32 Å². The summed E-state index contributed by atoms with van der Waals surface area (Å²) in [5.41, 5.74) is 0. The van der Waals surface area contributed by atoms with E-state index in [0.717, 1.165) is 57.8 Å². The lowest BCUT2D eigenvalue weighted by Crippen LogP contribution is -2.60. The molecule has 1 saturated heterocycles. The van der Waals surface area contributed by atoms with Gasteiger partial charge in [-0.05, 0) is 32.1 Å². The summed E-state index contributed by atoms with van der Waals surface area (Å²) in [7, 11) is 0. The Labute approximate surface area is 448 Å². The van der Waals surface area contributed by atoms with E-state index in [9.17, 15) is 35.1 Å². The van der Waals surface area contributed by atoms with Crippen molar-refractivity contribution in [2.45, 2.75) is 352 Å². The molecule has 7 unspecified atom stereocenters. The Morgan fingerprint density at radius 1 is 0.493 bits per heavy atom. The maximum absolute atomic E-state index is 13.0. The van der Waals surface area contributed by atoms with Crippen molar-refractivity contribution in [2.75, 3.05) is 19.8 Å². The van der Waals surface area contributed by atoms with Crippen molar-refractivity contribution in [3.63, 3.8) is 0 Å². The van der Waals surface area contributed by atoms with Gasteiger partial charge >= 0.3 is 5.97 Å². The second kappa shape index (κ2) is 52.5. The van der Waals surface area contributed by atoms with Gasteiger partial charge in [0.2, 0.25) is 5.91 Å². The predicted octanol–water partition coefficient (Wildman–Crippen LogP) is 14.7. The van der Waals surface area contributed by atoms with Crippen molar-refractivity contribution in [3.8, 4) is 0 Å². The highest BCUT2D eigenvalue weighted by Crippen LogP contribution is 2.23. The molecule has 0 bridgehead atoms. The third-order valence-corrected chi connectivity index (χ3v) is 15.2. The van der Waals surface area contributed by atoms with E-state index in [1.165, 1.54) is 225 Å². The van der Waals surface area contributed by atoms with Crippen LogP contribution in [-0.4, -0.2) is 100 Å². The van der Waals surface area contributed by atoms with E-state index in [0.29, 0.717) is 19.4 Å². The molecule has 0 aromatic carbocycles. The van der Waals surface area contributed by atoms with Gasteiger partial charge in [-0.25, -0.2) is 0 Å². The number of allylic oxidation sites excluding steroid dienone is 1. The van der Waals surface area contributed by atoms with Crippen LogP contribution in [0.1, 0.15) is 309 Å². The van der Waals surface area contributed by atoms with E-state index in [4.69, 9.17) is 14.2 Å². The van der Waals surface area contributed by atoms with Crippen molar-refractivity contribution >= 4 is 11.9 Å². The number of aliphatic hydroxyl groups is 5. The van der Waals surface area contributed by atoms with Crippen molar-refractivity contribution in [1.29, 1.82) is 0 Å². The quantitative estimate of drug-likeness (QED) is 0.0195. The fraction of sp³-hybridized carbons (Fsp3) is 0.935. The number of carbonyl (C=O) groups is 2. The summed E-state index contributed by atoms with van der Waals surface area (Å²) >= 11 is 0. The first-order valence-corrected chi connectivity index (χ1v) is 31.5. The van der Waals surface area contributed by atoms with Crippen LogP contribution in [0.2, 0.25) is 0 Å². The molecule has 1 heterocycles. The molecular weight excluding hydrogens is 919 g/mol. The number of hydrogen-bond donors (Lipinski definition) is 6. The average molecular weight is 1040 g/mol. The number of aliphatic hydroxyl groups excluding tert-OH is 5. The van der Waals surface area contributed by atoms with Crippen molar-refractivity contribution in [2.24, 2.45) is 0 Å². The minimum atomic E-state index is -1.57. The molecule has 73 heavy (non-hydrogen) atoms. The average Bonchev–Trinajstić information content (AvgIpc) is 3.39. The van der Waals surface area contributed by atoms with Crippen LogP contribution in [0.15, 0.2) is 12.2 Å². The van der Waals surface area contributed by atoms with Gasteiger partial charge in [0.05, 0.1) is 32.0 Å². The van der Waals surface area contributed by atoms with Crippen LogP contribution in [0, 0.1) is 0 Å². The van der Waals surface area contributed by atoms with E-state index in [1.54, 1.807) is 6.08 Å². The molecule has 1 rings (SSSR count). The predicted molar refractivity (Wildman–Crippen MR) is 301 cm³/mol. The number of unbranched alkanes of at least 4 members (excludes halogenated alkanes) is 41. The van der Waals surface area contributed by atoms with Gasteiger partial charge in [0.25, 0.3) is 0 Å². The van der Waals surface area contributed by atoms with E-state index in [1.807, 2.05) is 6.08 Å². The monoisotopic (exact) mass is 1040 g/mol. The lowest BCUT2D eigenvalue weighted by Gasteiger charge is -2.40. The van der Waals surface area contributed by atoms with Gasteiger partial charge in [-0.3, -0.25) is 9.59 Å². The summed E-state index contributed by atoms with van der Waals surface area (Å²) in [5.74, 6) is -0.178. The number of hydrogen-bond acceptors (Lipinski definition) is 10. The van der Waals surface area contributed by atoms with Crippen molar-refractivity contribution in [3.05, 3.63) is 12.2 Å². The molecule has 1 aliphatic heterocycles. The van der Waals surface area contributed by atoms with Crippen molar-refractivity contribution < 1.29 is 49.3 Å². The zero-order chi connectivity index (χ0) is 53.1. The zero-order valence-electron chi connectivity index (χ0n) is 47.6. The maximum atomic E-state index is 13.0. The Balaban J connectivity index is 2.01. The Hall–Kier alpha value is -1.60. The van der Waals surface area contributed by atoms with Gasteiger partial charge < -0.3 is 45.1 Å². The molecule has 7 atom stereocenters. The highest BCUT2D eigenvalue weighted by molar-refractivity contribution is 5.76. The SMILES string of the molecule is CCCCCCCCCCC/C=C/C(O)C(COC1OC(CO)C(O)C(O)C1O)NC(=O)CCCCCCCCCCCCCCCCCCCCCCCCCOC(=O)CCCCCCCCCCCCC. The fourth-order valence-electron chi connectivity index (χ4n) is 10.1. The Bertz CT molecular complexity index is 1220. The molecule has 6 N–H and O–H groups in total. The summed E-state index contributed by atoms with van der Waals surface area (Å²) in [6.45, 7) is 4.35. The summed E-state index contributed by atoms with van der Waals surface area (Å²) in [5, 5.41) is 54.3. The van der Waals surface area contributed by atoms with E-state index >= 15 is 0 Å². The summed E-state index contributed by atoms with van der Waals surface area (Å²) < 4.78 is 16.7. The van der Waals surface area contributed by atoms with Crippen LogP contribution < -0.4 is 5.32 Å². The molecule has 0 aromatic heterocycles. The number of carbonyl (C=O) groups excluding carboxylic acids is 2. The Morgan fingerprint density at radius 3 is 1.27 bits per heavy atom. The summed E-state index contributed by atoms with van der Waals surface area (Å²) in [6.07, 6.45) is 51.7. The molecule has 1 aliphatic rings. The van der Waals surface area contributed by atoms with Gasteiger partial charge in [-0.1, -0.05) is 276 Å². The number of amides is 1. The normalized spacial score (nSPS) is 18.9. The highest BCUT2D eigenvalue weighted by atomic mass is 16.7. The maximum Gasteiger partial charge on any atom is 0.305 e. The molecule has 0 saturated carbocycles. The molecule has 11 heteroatoms. The second-order valence-electron chi connectivity index (χ2n) is 22.1. The van der Waals surface area contributed by atoms with E-state index < -0.39 is 49.5 Å². The van der Waals surface area contributed by atoms with E-state index in [-0.39, 0.29) is 18.5 Å². The molecule has 0 aromatic rings. The minimum Gasteiger partial charge on any atom is -0.466 e. The summed E-state index contributed by atoms with van der Waals surface area (Å²) in [6, 6.07) is -0.808. The zero-order valence-corrected chi connectivity index (χ0v) is 47.6. The van der Waals surface area contributed by atoms with Gasteiger partial charge in [-0.2, -0.15) is 0 Å². The number of rotatable bonds is 55. The minimum absolute atomic E-state index is 0.00281. The lowest BCUT2D eigenvalue weighted by molar-refractivity contribution is -0.302. The third kappa shape index (κ3) is 42.1. The smallest absolute Gasteiger partial charge is 0.305 e. The third-order valence-electron chi connectivity index (χ3n) is 15.2. The van der Waals surface area contributed by atoms with Gasteiger partial charge in [0.1, 0.15) is 24.4 Å². The van der Waals surface area contributed by atoms with Gasteiger partial charge in [-0.15, -0.1) is 0 Å². The molecular formula is C62H119NO10. The highest BCUT2D eigenvalue weighted by Gasteiger charge is 2.44. The summed E-state index contributed by atoms with van der Waals surface area (Å²) in [4.78, 5) is 25.0. The van der Waals surface area contributed by atoms with E-state index in [2.05, 4.69) is 19.2 Å². The number of ether oxygens (including phenoxy) is 3. The first kappa shape index (κ1) is 69.4. The molecule has 11 nitrogen and oxygen atoms in total. The second-order valence-corrected chi connectivity index (χ2v) is 22.1. The Morgan fingerprint density at radius 2 is 0.863 bits per heavy atom. The molecule has 0 spiro atoms. The molecule has 0 aliphatic carbocycles. The molecule has 1 fully saturated rings. The van der Waals surface area contributed by atoms with Crippen LogP contribution in [0.5, 0.6) is 0 Å². The first-order valence-electron chi connectivity index (χ1n) is 31.5. The fourth-order valence-corrected chi connectivity index (χ4v) is 10.1. The largest absolute Gasteiger partial charge is 0.466 e. The van der Waals surface area contributed by atoms with Crippen LogP contribution in [-0.2, 0) is 23.8 Å². The molecule has 1 amide bonds. The van der Waals surface area contributed by atoms with Gasteiger partial charge in [0, 0.05) is 12.8 Å². The van der Waals surface area contributed by atoms with Crippen LogP contribution >= 0.6 is 0 Å². The van der Waals surface area contributed by atoms with Crippen LogP contribution in [0.4, 0.5) is 0 Å². The topological polar surface area (TPSA) is 175 Å². The van der Waals surface area contributed by atoms with Crippen LogP contribution in [0.3, 0.4) is 0 Å². The van der Waals surface area contributed by atoms with Crippen LogP contribution in [0.25, 0.3) is 0 Å². The standard InChI is InChI=1S/C62H119NO10/c1-3-5-7-9-11-13-28-32-36-40-44-48-55(65)54(53-72-62-61(70)60(69)59(68)56(52-64)73-62)63-57(66)49-45-41-37-33-30-26-24-22-20-18-16-15-17-19-21-23-25-27-31-35-39-43-47-51-71-58(67)50-46-42-38-34-29-14-12-10-8-6-4-2/h44,48,54-56,59-62,64-65,68-70H,3-43,45-47,49-53H2,1-2H3,(H,63,66)/b48-44+. The Kier molecular flexibility index (Phi) is 49.9.